The number of nitrogens with zero attached hydrogens (tertiary/aromatic N) is 3. The van der Waals surface area contributed by atoms with Crippen LogP contribution in [0.2, 0.25) is 0 Å². The first kappa shape index (κ1) is 24.8. The van der Waals surface area contributed by atoms with E-state index in [4.69, 9.17) is 9.47 Å². The highest BCUT2D eigenvalue weighted by Gasteiger charge is 2.55. The molecule has 10 heteroatoms. The summed E-state index contributed by atoms with van der Waals surface area (Å²) in [6, 6.07) is 18.0. The van der Waals surface area contributed by atoms with E-state index in [-0.39, 0.29) is 18.2 Å². The minimum atomic E-state index is -5.02. The third kappa shape index (κ3) is 4.54. The second-order valence-electron chi connectivity index (χ2n) is 8.55. The zero-order valence-corrected chi connectivity index (χ0v) is 19.7. The molecule has 5 aromatic rings. The van der Waals surface area contributed by atoms with E-state index in [1.165, 1.54) is 57.9 Å². The monoisotopic (exact) mass is 513 g/mol. The van der Waals surface area contributed by atoms with Crippen LogP contribution in [0.4, 0.5) is 17.6 Å². The molecule has 0 fully saturated rings. The van der Waals surface area contributed by atoms with Crippen LogP contribution in [0.3, 0.4) is 0 Å². The normalized spacial score (nSPS) is 13.8. The molecule has 0 aliphatic rings. The Morgan fingerprint density at radius 3 is 2.41 bits per heavy atom. The molecule has 0 aliphatic carbocycles. The van der Waals surface area contributed by atoms with E-state index >= 15 is 0 Å². The summed E-state index contributed by atoms with van der Waals surface area (Å²) in [6.07, 6.45) is -3.61. The van der Waals surface area contributed by atoms with Crippen molar-refractivity contribution in [3.8, 4) is 11.6 Å². The van der Waals surface area contributed by atoms with Crippen molar-refractivity contribution in [1.29, 1.82) is 0 Å². The summed E-state index contributed by atoms with van der Waals surface area (Å²) >= 11 is 0. The highest BCUT2D eigenvalue weighted by atomic mass is 19.4. The van der Waals surface area contributed by atoms with Crippen molar-refractivity contribution in [3.63, 3.8) is 0 Å². The number of halogens is 4. The Morgan fingerprint density at radius 1 is 0.919 bits per heavy atom. The number of hydrogen-bond donors (Lipinski definition) is 1. The lowest BCUT2D eigenvalue weighted by Crippen LogP contribution is -2.45. The largest absolute Gasteiger partial charge is 0.452 e. The van der Waals surface area contributed by atoms with Crippen LogP contribution in [0, 0.1) is 5.82 Å². The van der Waals surface area contributed by atoms with Gasteiger partial charge >= 0.3 is 6.18 Å². The molecule has 1 unspecified atom stereocenters. The first-order valence-corrected chi connectivity index (χ1v) is 11.5. The van der Waals surface area contributed by atoms with Crippen LogP contribution in [0.25, 0.3) is 27.5 Å². The van der Waals surface area contributed by atoms with Crippen molar-refractivity contribution in [2.75, 3.05) is 13.4 Å². The van der Waals surface area contributed by atoms with Crippen LogP contribution in [0.5, 0.6) is 5.88 Å². The average Bonchev–Trinajstić information content (AvgIpc) is 3.45. The predicted octanol–water partition coefficient (Wildman–Crippen LogP) is 5.94. The van der Waals surface area contributed by atoms with E-state index in [1.807, 2.05) is 0 Å². The van der Waals surface area contributed by atoms with Crippen LogP contribution in [0.15, 0.2) is 79.0 Å². The molecule has 0 aliphatic heterocycles. The number of fused-ring (bicyclic) bond motifs is 2. The van der Waals surface area contributed by atoms with E-state index in [0.29, 0.717) is 34.1 Å². The fraction of sp³-hybridized carbons (Fsp3) is 0.222. The first-order valence-electron chi connectivity index (χ1n) is 11.5. The summed E-state index contributed by atoms with van der Waals surface area (Å²) < 4.78 is 70.6. The zero-order valence-electron chi connectivity index (χ0n) is 19.7. The van der Waals surface area contributed by atoms with Gasteiger partial charge in [0.1, 0.15) is 5.82 Å². The highest BCUT2D eigenvalue weighted by Crippen LogP contribution is 2.43. The Morgan fingerprint density at radius 2 is 1.68 bits per heavy atom. The molecular formula is C27H23F4N3O3. The maximum Gasteiger partial charge on any atom is 0.423 e. The molecule has 6 nitrogen and oxygen atoms in total. The first-order chi connectivity index (χ1) is 17.7. The molecule has 192 valence electrons. The summed E-state index contributed by atoms with van der Waals surface area (Å²) in [5, 5.41) is 16.5. The van der Waals surface area contributed by atoms with E-state index in [1.54, 1.807) is 37.3 Å². The minimum absolute atomic E-state index is 0.141. The summed E-state index contributed by atoms with van der Waals surface area (Å²) in [5.74, 6) is -0.276. The van der Waals surface area contributed by atoms with Crippen molar-refractivity contribution < 1.29 is 32.1 Å². The second kappa shape index (κ2) is 9.53. The van der Waals surface area contributed by atoms with Crippen LogP contribution < -0.4 is 4.74 Å². The number of hydrogen-bond acceptors (Lipinski definition) is 4. The third-order valence-corrected chi connectivity index (χ3v) is 6.24. The lowest BCUT2D eigenvalue weighted by molar-refractivity contribution is -0.271. The molecule has 0 saturated heterocycles. The summed E-state index contributed by atoms with van der Waals surface area (Å²) in [7, 11) is 0. The molecule has 1 N–H and O–H groups in total. The van der Waals surface area contributed by atoms with E-state index in [0.717, 1.165) is 0 Å². The van der Waals surface area contributed by atoms with Gasteiger partial charge in [-0.1, -0.05) is 24.3 Å². The van der Waals surface area contributed by atoms with Gasteiger partial charge in [0.15, 0.2) is 12.7 Å². The highest BCUT2D eigenvalue weighted by molar-refractivity contribution is 5.83. The van der Waals surface area contributed by atoms with Gasteiger partial charge in [-0.3, -0.25) is 0 Å². The third-order valence-electron chi connectivity index (χ3n) is 6.24. The Labute approximate surface area is 209 Å². The zero-order chi connectivity index (χ0) is 26.2. The number of aliphatic hydroxyl groups is 1. The Bertz CT molecular complexity index is 1540. The average molecular weight is 513 g/mol. The summed E-state index contributed by atoms with van der Waals surface area (Å²) in [4.78, 5) is 0. The van der Waals surface area contributed by atoms with Gasteiger partial charge < -0.3 is 19.1 Å². The number of benzene rings is 3. The summed E-state index contributed by atoms with van der Waals surface area (Å²) in [6.45, 7) is 1.16. The Kier molecular flexibility index (Phi) is 6.38. The van der Waals surface area contributed by atoms with Gasteiger partial charge in [-0.25, -0.2) is 9.07 Å². The van der Waals surface area contributed by atoms with Gasteiger partial charge in [0.25, 0.3) is 0 Å². The van der Waals surface area contributed by atoms with E-state index < -0.39 is 24.1 Å². The number of rotatable bonds is 8. The fourth-order valence-electron chi connectivity index (χ4n) is 4.30. The lowest BCUT2D eigenvalue weighted by atomic mass is 9.91. The molecule has 2 aromatic heterocycles. The van der Waals surface area contributed by atoms with Crippen molar-refractivity contribution in [2.45, 2.75) is 25.2 Å². The van der Waals surface area contributed by atoms with Crippen LogP contribution >= 0.6 is 0 Å². The summed E-state index contributed by atoms with van der Waals surface area (Å²) in [5.41, 5.74) is -2.07. The standard InChI is InChI=1S/C27H23F4N3O3/c1-2-36-17-37-25-14-18-5-3-4-6-23(18)33(25)16-26(35,27(29,30)31)20-7-12-24-19(13-20)15-32-34(24)22-10-8-21(28)9-11-22/h3-15,35H,2,16-17H2,1H3. The molecule has 37 heavy (non-hydrogen) atoms. The molecular weight excluding hydrogens is 490 g/mol. The van der Waals surface area contributed by atoms with E-state index in [9.17, 15) is 22.7 Å². The van der Waals surface area contributed by atoms with Gasteiger partial charge in [-0.15, -0.1) is 0 Å². The SMILES string of the molecule is CCOCOc1cc2ccccc2n1CC(O)(c1ccc2c(cnn2-c2ccc(F)cc2)c1)C(F)(F)F. The number of alkyl halides is 3. The van der Waals surface area contributed by atoms with Gasteiger partial charge in [-0.05, 0) is 55.0 Å². The number of aromatic nitrogens is 3. The Balaban J connectivity index is 1.58. The number of para-hydroxylation sites is 1. The van der Waals surface area contributed by atoms with Gasteiger partial charge in [0, 0.05) is 23.4 Å². The topological polar surface area (TPSA) is 61.4 Å². The van der Waals surface area contributed by atoms with E-state index in [2.05, 4.69) is 5.10 Å². The van der Waals surface area contributed by atoms with Crippen LogP contribution in [-0.4, -0.2) is 39.0 Å². The van der Waals surface area contributed by atoms with Gasteiger partial charge in [0.2, 0.25) is 5.60 Å². The quantitative estimate of drug-likeness (QED) is 0.158. The molecule has 0 bridgehead atoms. The Hall–Kier alpha value is -3.89. The van der Waals surface area contributed by atoms with Crippen molar-refractivity contribution in [2.24, 2.45) is 0 Å². The number of ether oxygens (including phenoxy) is 2. The molecule has 2 heterocycles. The molecule has 0 radical (unpaired) electrons. The van der Waals surface area contributed by atoms with Crippen molar-refractivity contribution >= 4 is 21.8 Å². The molecule has 0 amide bonds. The van der Waals surface area contributed by atoms with Gasteiger partial charge in [0.05, 0.1) is 29.5 Å². The van der Waals surface area contributed by atoms with Crippen LogP contribution in [0.1, 0.15) is 12.5 Å². The molecule has 3 aromatic carbocycles. The maximum atomic E-state index is 14.5. The minimum Gasteiger partial charge on any atom is -0.452 e. The maximum absolute atomic E-state index is 14.5. The lowest BCUT2D eigenvalue weighted by Gasteiger charge is -2.32. The molecule has 5 rings (SSSR count). The molecule has 0 saturated carbocycles. The van der Waals surface area contributed by atoms with Crippen molar-refractivity contribution in [3.05, 3.63) is 90.4 Å². The predicted molar refractivity (Wildman–Crippen MR) is 130 cm³/mol. The smallest absolute Gasteiger partial charge is 0.423 e. The van der Waals surface area contributed by atoms with Gasteiger partial charge in [-0.2, -0.15) is 18.3 Å². The van der Waals surface area contributed by atoms with Crippen LogP contribution in [-0.2, 0) is 16.9 Å². The van der Waals surface area contributed by atoms with Crippen molar-refractivity contribution in [1.82, 2.24) is 14.3 Å². The second-order valence-corrected chi connectivity index (χ2v) is 8.55. The fourth-order valence-corrected chi connectivity index (χ4v) is 4.30. The molecule has 1 atom stereocenters. The molecule has 0 spiro atoms.